The maximum absolute atomic E-state index is 12.7. The molecule has 1 aliphatic heterocycles. The van der Waals surface area contributed by atoms with Crippen LogP contribution < -0.4 is 16.4 Å². The summed E-state index contributed by atoms with van der Waals surface area (Å²) in [5.74, 6) is -1.43. The summed E-state index contributed by atoms with van der Waals surface area (Å²) in [6, 6.07) is 0. The number of nitrogen functional groups attached to an aromatic ring is 1. The quantitative estimate of drug-likeness (QED) is 0.0259. The van der Waals surface area contributed by atoms with Crippen molar-refractivity contribution in [2.45, 2.75) is 96.0 Å². The number of phosphoric acid groups is 3. The smallest absolute Gasteiger partial charge is 0.389 e. The van der Waals surface area contributed by atoms with Crippen LogP contribution >= 0.6 is 35.2 Å². The molecule has 11 N–H and O–H groups in total. The molecule has 62 heavy (non-hydrogen) atoms. The largest absolute Gasteiger partial charge is 0.481 e. The number of carbonyl (C=O) groups excluding carboxylic acids is 4. The first kappa shape index (κ1) is 53.3. The van der Waals surface area contributed by atoms with Gasteiger partial charge in [0.2, 0.25) is 11.8 Å². The fraction of sp³-hybridized carbons (Fsp3) is 0.656. The summed E-state index contributed by atoms with van der Waals surface area (Å²) in [5.41, 5.74) is 3.76. The number of carbonyl (C=O) groups is 4. The lowest BCUT2D eigenvalue weighted by Gasteiger charge is -2.30. The molecule has 1 aliphatic rings. The average Bonchev–Trinajstić information content (AvgIpc) is 3.71. The lowest BCUT2D eigenvalue weighted by atomic mass is 9.87. The number of anilines is 1. The maximum atomic E-state index is 12.7. The van der Waals surface area contributed by atoms with Crippen LogP contribution in [0.3, 0.4) is 0 Å². The standard InChI is InChI=1S/C32H52N7O19P3S/c1-19(2)6-5-8-32(46,9-12-40)14-22(42)62-13-11-34-21(41)7-10-35-29(45)26(44)31(3,4)16-55-61(52,53)58-60(50,51)54-15-20-25(57-59(47,48)49)24(43)30(56-20)39-18-38-23-27(33)36-17-37-28(23)39/h6,12,17-18,20,24-26,30,43-44,46H,5,7-11,13-16H2,1-4H3,(H,34,41)(H,35,45)(H,50,51)(H,52,53)(H2,33,36,37)(H2,47,48,49). The lowest BCUT2D eigenvalue weighted by Crippen LogP contribution is -2.46. The highest BCUT2D eigenvalue weighted by Gasteiger charge is 2.50. The van der Waals surface area contributed by atoms with Crippen molar-refractivity contribution in [3.8, 4) is 0 Å². The third-order valence-corrected chi connectivity index (χ3v) is 12.8. The Hall–Kier alpha value is -3.07. The highest BCUT2D eigenvalue weighted by molar-refractivity contribution is 8.13. The minimum absolute atomic E-state index is 0.0193. The molecule has 1 fully saturated rings. The fourth-order valence-electron chi connectivity index (χ4n) is 5.66. The molecule has 26 nitrogen and oxygen atoms in total. The number of allylic oxidation sites excluding steroid dienone is 2. The number of aromatic nitrogens is 4. The zero-order valence-electron chi connectivity index (χ0n) is 33.9. The number of nitrogens with two attached hydrogens (primary N) is 1. The molecule has 0 radical (unpaired) electrons. The molecular formula is C32H52N7O19P3S. The maximum Gasteiger partial charge on any atom is 0.481 e. The highest BCUT2D eigenvalue weighted by Crippen LogP contribution is 2.61. The predicted octanol–water partition coefficient (Wildman–Crippen LogP) is 0.121. The summed E-state index contributed by atoms with van der Waals surface area (Å²) in [4.78, 5) is 99.4. The van der Waals surface area contributed by atoms with Crippen LogP contribution in [0, 0.1) is 5.41 Å². The van der Waals surface area contributed by atoms with E-state index < -0.39 is 90.2 Å². The molecule has 0 aromatic carbocycles. The number of ether oxygens (including phenoxy) is 1. The normalized spacial score (nSPS) is 21.6. The van der Waals surface area contributed by atoms with Crippen LogP contribution in [0.15, 0.2) is 24.3 Å². The number of aliphatic hydroxyl groups is 3. The second kappa shape index (κ2) is 22.7. The lowest BCUT2D eigenvalue weighted by molar-refractivity contribution is -0.137. The van der Waals surface area contributed by atoms with E-state index in [0.717, 1.165) is 34.6 Å². The van der Waals surface area contributed by atoms with Crippen LogP contribution in [0.1, 0.15) is 66.0 Å². The van der Waals surface area contributed by atoms with Gasteiger partial charge < -0.3 is 60.8 Å². The van der Waals surface area contributed by atoms with Crippen LogP contribution in [-0.2, 0) is 55.5 Å². The van der Waals surface area contributed by atoms with Gasteiger partial charge in [0.25, 0.3) is 0 Å². The van der Waals surface area contributed by atoms with Gasteiger partial charge in [-0.3, -0.25) is 32.5 Å². The summed E-state index contributed by atoms with van der Waals surface area (Å²) in [5, 5.41) is 36.7. The Morgan fingerprint density at radius 2 is 1.74 bits per heavy atom. The van der Waals surface area contributed by atoms with Gasteiger partial charge >= 0.3 is 23.5 Å². The van der Waals surface area contributed by atoms with E-state index in [-0.39, 0.29) is 66.6 Å². The van der Waals surface area contributed by atoms with Gasteiger partial charge in [0.1, 0.15) is 42.5 Å². The molecule has 2 aromatic rings. The molecule has 8 atom stereocenters. The zero-order chi connectivity index (χ0) is 46.7. The van der Waals surface area contributed by atoms with Crippen molar-refractivity contribution in [3.63, 3.8) is 0 Å². The molecular weight excluding hydrogens is 911 g/mol. The summed E-state index contributed by atoms with van der Waals surface area (Å²) in [6.07, 6.45) is -4.40. The van der Waals surface area contributed by atoms with Gasteiger partial charge in [0.15, 0.2) is 22.8 Å². The molecule has 3 rings (SSSR count). The Bertz CT molecular complexity index is 2070. The third-order valence-electron chi connectivity index (χ3n) is 8.86. The Balaban J connectivity index is 1.45. The number of thioether (sulfide) groups is 1. The first-order valence-corrected chi connectivity index (χ1v) is 24.0. The van der Waals surface area contributed by atoms with E-state index in [2.05, 4.69) is 34.4 Å². The minimum atomic E-state index is -5.60. The van der Waals surface area contributed by atoms with Crippen molar-refractivity contribution in [1.29, 1.82) is 0 Å². The number of nitrogens with one attached hydrogen (secondary N) is 2. The summed E-state index contributed by atoms with van der Waals surface area (Å²) in [7, 11) is -16.5. The molecule has 0 saturated carbocycles. The van der Waals surface area contributed by atoms with Crippen molar-refractivity contribution in [2.24, 2.45) is 5.41 Å². The molecule has 0 aliphatic carbocycles. The van der Waals surface area contributed by atoms with Gasteiger partial charge in [-0.15, -0.1) is 0 Å². The predicted molar refractivity (Wildman–Crippen MR) is 216 cm³/mol. The molecule has 1 saturated heterocycles. The molecule has 8 unspecified atom stereocenters. The minimum Gasteiger partial charge on any atom is -0.389 e. The van der Waals surface area contributed by atoms with Gasteiger partial charge in [-0.1, -0.05) is 37.3 Å². The second-order valence-electron chi connectivity index (χ2n) is 14.9. The van der Waals surface area contributed by atoms with E-state index in [1.54, 1.807) is 0 Å². The Morgan fingerprint density at radius 3 is 2.39 bits per heavy atom. The molecule has 30 heteroatoms. The van der Waals surface area contributed by atoms with Crippen LogP contribution in [0.5, 0.6) is 0 Å². The van der Waals surface area contributed by atoms with Crippen molar-refractivity contribution in [2.75, 3.05) is 37.8 Å². The van der Waals surface area contributed by atoms with E-state index in [4.69, 9.17) is 19.5 Å². The van der Waals surface area contributed by atoms with Crippen molar-refractivity contribution in [3.05, 3.63) is 24.3 Å². The van der Waals surface area contributed by atoms with E-state index >= 15 is 0 Å². The van der Waals surface area contributed by atoms with E-state index in [1.807, 2.05) is 19.9 Å². The average molecular weight is 964 g/mol. The Morgan fingerprint density at radius 1 is 1.06 bits per heavy atom. The number of hydrogen-bond acceptors (Lipinski definition) is 20. The van der Waals surface area contributed by atoms with Crippen molar-refractivity contribution in [1.82, 2.24) is 30.2 Å². The number of nitrogens with zero attached hydrogens (tertiary/aromatic N) is 4. The first-order chi connectivity index (χ1) is 28.7. The first-order valence-electron chi connectivity index (χ1n) is 18.5. The van der Waals surface area contributed by atoms with E-state index in [9.17, 15) is 67.8 Å². The molecule has 2 amide bonds. The van der Waals surface area contributed by atoms with Gasteiger partial charge in [0, 0.05) is 43.5 Å². The van der Waals surface area contributed by atoms with Crippen LogP contribution in [0.25, 0.3) is 11.2 Å². The number of phosphoric ester groups is 3. The Labute approximate surface area is 358 Å². The number of fused-ring (bicyclic) bond motifs is 1. The molecule has 350 valence electrons. The fourth-order valence-corrected chi connectivity index (χ4v) is 9.29. The molecule has 3 heterocycles. The van der Waals surface area contributed by atoms with Crippen molar-refractivity contribution < 1.29 is 90.4 Å². The number of aliphatic hydroxyl groups excluding tert-OH is 2. The Kier molecular flexibility index (Phi) is 19.5. The van der Waals surface area contributed by atoms with Crippen LogP contribution in [0.4, 0.5) is 5.82 Å². The zero-order valence-corrected chi connectivity index (χ0v) is 37.4. The van der Waals surface area contributed by atoms with E-state index in [1.165, 1.54) is 13.8 Å². The van der Waals surface area contributed by atoms with Gasteiger partial charge in [-0.2, -0.15) is 4.31 Å². The summed E-state index contributed by atoms with van der Waals surface area (Å²) < 4.78 is 62.2. The highest BCUT2D eigenvalue weighted by atomic mass is 32.2. The molecule has 0 bridgehead atoms. The number of amides is 2. The van der Waals surface area contributed by atoms with Gasteiger partial charge in [0.05, 0.1) is 25.1 Å². The molecule has 0 spiro atoms. The van der Waals surface area contributed by atoms with Crippen molar-refractivity contribution >= 4 is 75.4 Å². The third kappa shape index (κ3) is 16.8. The van der Waals surface area contributed by atoms with Gasteiger partial charge in [-0.25, -0.2) is 28.6 Å². The summed E-state index contributed by atoms with van der Waals surface area (Å²) >= 11 is 0.871. The van der Waals surface area contributed by atoms with Crippen LogP contribution in [0.2, 0.25) is 0 Å². The van der Waals surface area contributed by atoms with Crippen LogP contribution in [-0.4, -0.2) is 140 Å². The second-order valence-corrected chi connectivity index (χ2v) is 20.3. The number of hydrogen-bond donors (Lipinski definition) is 10. The summed E-state index contributed by atoms with van der Waals surface area (Å²) in [6.45, 7) is 3.97. The number of imidazole rings is 1. The monoisotopic (exact) mass is 963 g/mol. The SMILES string of the molecule is CC(C)=CCCC(O)(CC=O)CC(=O)SCCNC(=O)CCNC(=O)C(O)C(C)(C)COP(=O)(O)OP(=O)(O)OCC1OC(n2cnc3c(N)ncnc32)C(O)C1OP(=O)(O)O. The topological polar surface area (TPSA) is 401 Å². The number of rotatable bonds is 26. The number of aldehydes is 1. The van der Waals surface area contributed by atoms with E-state index in [0.29, 0.717) is 12.7 Å². The van der Waals surface area contributed by atoms with Gasteiger partial charge in [-0.05, 0) is 26.7 Å². The molecule has 2 aromatic heterocycles.